The summed E-state index contributed by atoms with van der Waals surface area (Å²) in [5.74, 6) is 1.65. The maximum absolute atomic E-state index is 9.30. The smallest absolute Gasteiger partial charge is 0.191 e. The number of phenols is 1. The van der Waals surface area contributed by atoms with E-state index < -0.39 is 0 Å². The van der Waals surface area contributed by atoms with Gasteiger partial charge in [-0.05, 0) is 37.5 Å². The molecule has 1 aliphatic heterocycles. The first-order valence-corrected chi connectivity index (χ1v) is 8.73. The Morgan fingerprint density at radius 3 is 2.80 bits per heavy atom. The van der Waals surface area contributed by atoms with Crippen LogP contribution in [-0.4, -0.2) is 50.6 Å². The lowest BCUT2D eigenvalue weighted by Gasteiger charge is -2.12. The van der Waals surface area contributed by atoms with E-state index in [2.05, 4.69) is 15.6 Å². The second kappa shape index (κ2) is 13.2. The molecule has 0 spiro atoms. The number of halogens is 1. The summed E-state index contributed by atoms with van der Waals surface area (Å²) in [6.45, 7) is 7.53. The van der Waals surface area contributed by atoms with E-state index >= 15 is 0 Å². The normalized spacial score (nSPS) is 17.2. The van der Waals surface area contributed by atoms with Gasteiger partial charge in [0.25, 0.3) is 0 Å². The van der Waals surface area contributed by atoms with Crippen LogP contribution in [0.2, 0.25) is 0 Å². The monoisotopic (exact) mass is 463 g/mol. The number of guanidine groups is 1. The molecule has 1 unspecified atom stereocenters. The quantitative estimate of drug-likeness (QED) is 0.227. The molecule has 0 aromatic heterocycles. The molecule has 0 radical (unpaired) electrons. The lowest BCUT2D eigenvalue weighted by Crippen LogP contribution is -2.38. The molecular weight excluding hydrogens is 433 g/mol. The average molecular weight is 463 g/mol. The van der Waals surface area contributed by atoms with Gasteiger partial charge in [0.2, 0.25) is 0 Å². The first-order valence-electron chi connectivity index (χ1n) is 8.73. The second-order valence-corrected chi connectivity index (χ2v) is 5.95. The molecule has 1 saturated heterocycles. The van der Waals surface area contributed by atoms with Crippen molar-refractivity contribution < 1.29 is 14.6 Å². The summed E-state index contributed by atoms with van der Waals surface area (Å²) in [5, 5.41) is 15.8. The van der Waals surface area contributed by atoms with Crippen LogP contribution in [0, 0.1) is 5.92 Å². The van der Waals surface area contributed by atoms with Crippen LogP contribution in [0.1, 0.15) is 25.3 Å². The molecule has 25 heavy (non-hydrogen) atoms. The van der Waals surface area contributed by atoms with Crippen LogP contribution in [0.25, 0.3) is 0 Å². The van der Waals surface area contributed by atoms with E-state index in [0.29, 0.717) is 12.5 Å². The van der Waals surface area contributed by atoms with Gasteiger partial charge in [0, 0.05) is 32.2 Å². The Morgan fingerprint density at radius 1 is 1.32 bits per heavy atom. The van der Waals surface area contributed by atoms with Gasteiger partial charge in [0.1, 0.15) is 5.75 Å². The van der Waals surface area contributed by atoms with Gasteiger partial charge < -0.3 is 25.2 Å². The number of hydrogen-bond donors (Lipinski definition) is 3. The fourth-order valence-electron chi connectivity index (χ4n) is 2.46. The fraction of sp³-hybridized carbons (Fsp3) is 0.611. The van der Waals surface area contributed by atoms with E-state index in [-0.39, 0.29) is 29.7 Å². The summed E-state index contributed by atoms with van der Waals surface area (Å²) in [6.07, 6.45) is 2.06. The van der Waals surface area contributed by atoms with Gasteiger partial charge in [-0.25, -0.2) is 4.99 Å². The minimum Gasteiger partial charge on any atom is -0.508 e. The topological polar surface area (TPSA) is 75.1 Å². The van der Waals surface area contributed by atoms with E-state index in [9.17, 15) is 5.11 Å². The van der Waals surface area contributed by atoms with Crippen molar-refractivity contribution in [2.24, 2.45) is 10.9 Å². The highest BCUT2D eigenvalue weighted by Crippen LogP contribution is 2.12. The number of nitrogens with one attached hydrogen (secondary N) is 2. The van der Waals surface area contributed by atoms with Gasteiger partial charge in [-0.3, -0.25) is 0 Å². The predicted octanol–water partition coefficient (Wildman–Crippen LogP) is 2.51. The number of benzene rings is 1. The largest absolute Gasteiger partial charge is 0.508 e. The van der Waals surface area contributed by atoms with Gasteiger partial charge >= 0.3 is 0 Å². The molecule has 0 saturated carbocycles. The minimum atomic E-state index is 0. The van der Waals surface area contributed by atoms with Gasteiger partial charge in [0.15, 0.2) is 5.96 Å². The van der Waals surface area contributed by atoms with Gasteiger partial charge in [0.05, 0.1) is 19.8 Å². The zero-order chi connectivity index (χ0) is 17.0. The van der Waals surface area contributed by atoms with E-state index in [1.807, 2.05) is 19.1 Å². The lowest BCUT2D eigenvalue weighted by atomic mass is 10.1. The van der Waals surface area contributed by atoms with Crippen molar-refractivity contribution in [2.45, 2.75) is 26.3 Å². The zero-order valence-corrected chi connectivity index (χ0v) is 17.2. The molecule has 1 aromatic carbocycles. The maximum Gasteiger partial charge on any atom is 0.191 e. The molecule has 1 aromatic rings. The molecular formula is C18H30IN3O3. The lowest BCUT2D eigenvalue weighted by molar-refractivity contribution is 0.0888. The van der Waals surface area contributed by atoms with Crippen molar-refractivity contribution in [1.29, 1.82) is 0 Å². The van der Waals surface area contributed by atoms with Crippen molar-refractivity contribution in [3.05, 3.63) is 29.8 Å². The van der Waals surface area contributed by atoms with E-state index in [0.717, 1.165) is 63.9 Å². The third-order valence-electron chi connectivity index (χ3n) is 3.84. The highest BCUT2D eigenvalue weighted by Gasteiger charge is 2.15. The Bertz CT molecular complexity index is 491. The van der Waals surface area contributed by atoms with Gasteiger partial charge in [-0.2, -0.15) is 0 Å². The van der Waals surface area contributed by atoms with Crippen LogP contribution in [-0.2, 0) is 16.0 Å². The number of aliphatic imine (C=N–C) groups is 1. The first-order chi connectivity index (χ1) is 11.8. The fourth-order valence-corrected chi connectivity index (χ4v) is 2.46. The van der Waals surface area contributed by atoms with Crippen LogP contribution in [0.3, 0.4) is 0 Å². The molecule has 1 heterocycles. The third kappa shape index (κ3) is 9.27. The molecule has 0 amide bonds. The van der Waals surface area contributed by atoms with Crippen molar-refractivity contribution >= 4 is 29.9 Å². The van der Waals surface area contributed by atoms with Crippen LogP contribution in [0.4, 0.5) is 0 Å². The molecule has 7 heteroatoms. The molecule has 0 aliphatic carbocycles. The summed E-state index contributed by atoms with van der Waals surface area (Å²) in [5.41, 5.74) is 1.06. The Labute approximate surface area is 167 Å². The Balaban J connectivity index is 0.00000312. The average Bonchev–Trinajstić information content (AvgIpc) is 3.10. The zero-order valence-electron chi connectivity index (χ0n) is 14.9. The van der Waals surface area contributed by atoms with E-state index in [1.54, 1.807) is 12.1 Å². The summed E-state index contributed by atoms with van der Waals surface area (Å²) in [4.78, 5) is 4.55. The highest BCUT2D eigenvalue weighted by molar-refractivity contribution is 14.0. The van der Waals surface area contributed by atoms with Crippen molar-refractivity contribution in [1.82, 2.24) is 10.6 Å². The summed E-state index contributed by atoms with van der Waals surface area (Å²) in [7, 11) is 0. The number of rotatable bonds is 9. The number of phenolic OH excluding ortho intramolecular Hbond substituents is 1. The molecule has 1 aliphatic rings. The van der Waals surface area contributed by atoms with Crippen molar-refractivity contribution in [3.63, 3.8) is 0 Å². The van der Waals surface area contributed by atoms with Gasteiger partial charge in [-0.1, -0.05) is 12.1 Å². The first kappa shape index (κ1) is 22.0. The Morgan fingerprint density at radius 2 is 2.12 bits per heavy atom. The number of ether oxygens (including phenoxy) is 2. The number of hydrogen-bond acceptors (Lipinski definition) is 4. The molecule has 3 N–H and O–H groups in total. The SMILES string of the molecule is CCNC(=NCc1ccc(O)cc1)NCCCOCC1CCOC1.I. The van der Waals surface area contributed by atoms with Crippen LogP contribution < -0.4 is 10.6 Å². The van der Waals surface area contributed by atoms with Crippen LogP contribution >= 0.6 is 24.0 Å². The van der Waals surface area contributed by atoms with E-state index in [4.69, 9.17) is 9.47 Å². The standard InChI is InChI=1S/C18H29N3O3.HI/c1-2-19-18(21-12-15-4-6-17(22)7-5-15)20-9-3-10-23-13-16-8-11-24-14-16;/h4-7,16,22H,2-3,8-14H2,1H3,(H2,19,20,21);1H. The molecule has 1 fully saturated rings. The number of aromatic hydroxyl groups is 1. The molecule has 142 valence electrons. The minimum absolute atomic E-state index is 0. The summed E-state index contributed by atoms with van der Waals surface area (Å²) in [6, 6.07) is 7.11. The second-order valence-electron chi connectivity index (χ2n) is 5.95. The van der Waals surface area contributed by atoms with Crippen molar-refractivity contribution in [3.8, 4) is 5.75 Å². The molecule has 6 nitrogen and oxygen atoms in total. The third-order valence-corrected chi connectivity index (χ3v) is 3.84. The Hall–Kier alpha value is -1.06. The summed E-state index contributed by atoms with van der Waals surface area (Å²) < 4.78 is 11.0. The van der Waals surface area contributed by atoms with Crippen LogP contribution in [0.5, 0.6) is 5.75 Å². The van der Waals surface area contributed by atoms with Crippen molar-refractivity contribution in [2.75, 3.05) is 39.5 Å². The summed E-state index contributed by atoms with van der Waals surface area (Å²) >= 11 is 0. The number of nitrogens with zero attached hydrogens (tertiary/aromatic N) is 1. The molecule has 0 bridgehead atoms. The van der Waals surface area contributed by atoms with Crippen LogP contribution in [0.15, 0.2) is 29.3 Å². The molecule has 1 atom stereocenters. The Kier molecular flexibility index (Phi) is 11.6. The highest BCUT2D eigenvalue weighted by atomic mass is 127. The molecule has 2 rings (SSSR count). The maximum atomic E-state index is 9.30. The van der Waals surface area contributed by atoms with E-state index in [1.165, 1.54) is 0 Å². The van der Waals surface area contributed by atoms with Gasteiger partial charge in [-0.15, -0.1) is 24.0 Å². The predicted molar refractivity (Wildman–Crippen MR) is 111 cm³/mol.